The molecule has 0 aliphatic carbocycles. The summed E-state index contributed by atoms with van der Waals surface area (Å²) in [5.74, 6) is 0. The number of rotatable bonds is 4. The van der Waals surface area contributed by atoms with Crippen LogP contribution in [0.5, 0.6) is 0 Å². The highest BCUT2D eigenvalue weighted by atomic mass is 79.9. The molecule has 7 heteroatoms. The van der Waals surface area contributed by atoms with Crippen molar-refractivity contribution in [2.24, 2.45) is 0 Å². The van der Waals surface area contributed by atoms with Gasteiger partial charge in [0.15, 0.2) is 5.01 Å². The van der Waals surface area contributed by atoms with Gasteiger partial charge in [-0.2, -0.15) is 13.2 Å². The highest BCUT2D eigenvalue weighted by Gasteiger charge is 2.35. The van der Waals surface area contributed by atoms with Crippen LogP contribution in [0.15, 0.2) is 28.9 Å². The average Bonchev–Trinajstić information content (AvgIpc) is 2.83. The van der Waals surface area contributed by atoms with Gasteiger partial charge in [0, 0.05) is 15.5 Å². The molecule has 0 fully saturated rings. The van der Waals surface area contributed by atoms with Crippen LogP contribution >= 0.6 is 27.3 Å². The molecule has 0 spiro atoms. The Morgan fingerprint density at radius 3 is 2.57 bits per heavy atom. The number of nitrogens with one attached hydrogen (secondary N) is 1. The lowest BCUT2D eigenvalue weighted by Crippen LogP contribution is -2.21. The van der Waals surface area contributed by atoms with E-state index in [2.05, 4.69) is 26.2 Å². The molecule has 1 unspecified atom stereocenters. The Hall–Kier alpha value is -0.920. The first kappa shape index (κ1) is 16.5. The summed E-state index contributed by atoms with van der Waals surface area (Å²) in [4.78, 5) is 4.06. The van der Waals surface area contributed by atoms with E-state index in [4.69, 9.17) is 0 Å². The maximum atomic E-state index is 12.7. The molecular weight excluding hydrogens is 365 g/mol. The monoisotopic (exact) mass is 378 g/mol. The summed E-state index contributed by atoms with van der Waals surface area (Å²) in [6.45, 7) is 4.52. The van der Waals surface area contributed by atoms with E-state index in [9.17, 15) is 13.2 Å². The van der Waals surface area contributed by atoms with Crippen LogP contribution in [-0.2, 0) is 6.18 Å². The lowest BCUT2D eigenvalue weighted by Gasteiger charge is -2.17. The van der Waals surface area contributed by atoms with Crippen molar-refractivity contribution in [3.63, 3.8) is 0 Å². The van der Waals surface area contributed by atoms with Crippen LogP contribution < -0.4 is 5.32 Å². The fourth-order valence-corrected chi connectivity index (χ4v) is 3.58. The van der Waals surface area contributed by atoms with E-state index >= 15 is 0 Å². The molecule has 2 rings (SSSR count). The molecule has 0 saturated carbocycles. The van der Waals surface area contributed by atoms with Gasteiger partial charge in [-0.15, -0.1) is 11.3 Å². The van der Waals surface area contributed by atoms with Crippen LogP contribution in [0.4, 0.5) is 13.2 Å². The zero-order valence-electron chi connectivity index (χ0n) is 11.5. The van der Waals surface area contributed by atoms with Crippen molar-refractivity contribution in [3.05, 3.63) is 49.9 Å². The number of benzene rings is 1. The first-order valence-corrected chi connectivity index (χ1v) is 7.95. The second-order valence-electron chi connectivity index (χ2n) is 4.62. The Balaban J connectivity index is 2.41. The average molecular weight is 379 g/mol. The van der Waals surface area contributed by atoms with Crippen molar-refractivity contribution in [3.8, 4) is 0 Å². The number of hydrogen-bond acceptors (Lipinski definition) is 3. The highest BCUT2D eigenvalue weighted by molar-refractivity contribution is 9.10. The van der Waals surface area contributed by atoms with E-state index in [0.717, 1.165) is 15.6 Å². The van der Waals surface area contributed by atoms with Crippen LogP contribution in [0.25, 0.3) is 0 Å². The van der Waals surface area contributed by atoms with Gasteiger partial charge < -0.3 is 5.32 Å². The molecule has 21 heavy (non-hydrogen) atoms. The molecule has 1 heterocycles. The van der Waals surface area contributed by atoms with Crippen molar-refractivity contribution < 1.29 is 13.2 Å². The van der Waals surface area contributed by atoms with Gasteiger partial charge >= 0.3 is 6.18 Å². The smallest absolute Gasteiger partial charge is 0.306 e. The van der Waals surface area contributed by atoms with Crippen LogP contribution in [0.2, 0.25) is 0 Å². The standard InChI is InChI=1S/C14H14BrF3N2S/c1-3-19-12(9-4-8(2)5-10(15)6-9)11-7-20-13(21-11)14(16,17)18/h4-7,12,19H,3H2,1-2H3. The van der Waals surface area contributed by atoms with E-state index in [1.54, 1.807) is 0 Å². The molecule has 2 nitrogen and oxygen atoms in total. The number of aromatic nitrogens is 1. The minimum Gasteiger partial charge on any atom is -0.306 e. The Kier molecular flexibility index (Phi) is 5.06. The van der Waals surface area contributed by atoms with E-state index in [1.807, 2.05) is 32.0 Å². The normalized spacial score (nSPS) is 13.4. The lowest BCUT2D eigenvalue weighted by molar-refractivity contribution is -0.137. The molecular formula is C14H14BrF3N2S. The van der Waals surface area contributed by atoms with Crippen molar-refractivity contribution in [2.75, 3.05) is 6.54 Å². The van der Waals surface area contributed by atoms with Crippen molar-refractivity contribution in [1.82, 2.24) is 10.3 Å². The van der Waals surface area contributed by atoms with Gasteiger partial charge in [0.1, 0.15) is 0 Å². The van der Waals surface area contributed by atoms with E-state index in [-0.39, 0.29) is 6.04 Å². The molecule has 0 amide bonds. The van der Waals surface area contributed by atoms with E-state index in [0.29, 0.717) is 22.8 Å². The van der Waals surface area contributed by atoms with Crippen LogP contribution in [0, 0.1) is 6.92 Å². The van der Waals surface area contributed by atoms with Gasteiger partial charge in [-0.05, 0) is 36.7 Å². The maximum absolute atomic E-state index is 12.7. The third kappa shape index (κ3) is 4.05. The number of alkyl halides is 3. The lowest BCUT2D eigenvalue weighted by atomic mass is 10.0. The number of aryl methyl sites for hydroxylation is 1. The molecule has 2 aromatic rings. The SMILES string of the molecule is CCNC(c1cc(C)cc(Br)c1)c1cnc(C(F)(F)F)s1. The zero-order valence-corrected chi connectivity index (χ0v) is 13.9. The zero-order chi connectivity index (χ0) is 15.6. The van der Waals surface area contributed by atoms with Crippen LogP contribution in [-0.4, -0.2) is 11.5 Å². The van der Waals surface area contributed by atoms with E-state index in [1.165, 1.54) is 6.20 Å². The van der Waals surface area contributed by atoms with Gasteiger partial charge in [-0.3, -0.25) is 0 Å². The molecule has 0 aliphatic rings. The van der Waals surface area contributed by atoms with Crippen molar-refractivity contribution in [1.29, 1.82) is 0 Å². The van der Waals surface area contributed by atoms with E-state index < -0.39 is 11.2 Å². The topological polar surface area (TPSA) is 24.9 Å². The Morgan fingerprint density at radius 2 is 2.05 bits per heavy atom. The van der Waals surface area contributed by atoms with Gasteiger partial charge in [0.05, 0.1) is 6.04 Å². The third-order valence-corrected chi connectivity index (χ3v) is 4.42. The fraction of sp³-hybridized carbons (Fsp3) is 0.357. The quantitative estimate of drug-likeness (QED) is 0.815. The summed E-state index contributed by atoms with van der Waals surface area (Å²) in [5.41, 5.74) is 1.96. The second-order valence-corrected chi connectivity index (χ2v) is 6.60. The molecule has 1 N–H and O–H groups in total. The molecule has 0 radical (unpaired) electrons. The number of hydrogen-bond donors (Lipinski definition) is 1. The predicted molar refractivity (Wildman–Crippen MR) is 81.5 cm³/mol. The first-order chi connectivity index (χ1) is 9.81. The fourth-order valence-electron chi connectivity index (χ4n) is 2.07. The molecule has 0 bridgehead atoms. The molecule has 1 aromatic carbocycles. The van der Waals surface area contributed by atoms with Gasteiger partial charge in [0.2, 0.25) is 0 Å². The summed E-state index contributed by atoms with van der Waals surface area (Å²) in [6.07, 6.45) is -3.09. The van der Waals surface area contributed by atoms with Gasteiger partial charge in [0.25, 0.3) is 0 Å². The Bertz CT molecular complexity index is 605. The minimum atomic E-state index is -4.40. The summed E-state index contributed by atoms with van der Waals surface area (Å²) < 4.78 is 39.0. The highest BCUT2D eigenvalue weighted by Crippen LogP contribution is 2.36. The van der Waals surface area contributed by atoms with Gasteiger partial charge in [-0.25, -0.2) is 4.98 Å². The molecule has 114 valence electrons. The molecule has 0 aliphatic heterocycles. The molecule has 1 atom stereocenters. The number of nitrogens with zero attached hydrogens (tertiary/aromatic N) is 1. The minimum absolute atomic E-state index is 0.292. The summed E-state index contributed by atoms with van der Waals surface area (Å²) in [5, 5.41) is 2.40. The number of thiazole rings is 1. The Labute approximate surface area is 133 Å². The summed E-state index contributed by atoms with van der Waals surface area (Å²) in [7, 11) is 0. The third-order valence-electron chi connectivity index (χ3n) is 2.86. The molecule has 0 saturated heterocycles. The van der Waals surface area contributed by atoms with Crippen LogP contribution in [0.1, 0.15) is 34.0 Å². The first-order valence-electron chi connectivity index (χ1n) is 6.34. The van der Waals surface area contributed by atoms with Gasteiger partial charge in [-0.1, -0.05) is 28.9 Å². The Morgan fingerprint density at radius 1 is 1.33 bits per heavy atom. The van der Waals surface area contributed by atoms with Crippen LogP contribution in [0.3, 0.4) is 0 Å². The number of halogens is 4. The summed E-state index contributed by atoms with van der Waals surface area (Å²) in [6, 6.07) is 5.54. The molecule has 1 aromatic heterocycles. The maximum Gasteiger partial charge on any atom is 0.443 e. The van der Waals surface area contributed by atoms with Crippen molar-refractivity contribution in [2.45, 2.75) is 26.1 Å². The summed E-state index contributed by atoms with van der Waals surface area (Å²) >= 11 is 4.10. The second kappa shape index (κ2) is 6.46. The predicted octanol–water partition coefficient (Wildman–Crippen LogP) is 4.93. The van der Waals surface area contributed by atoms with Crippen molar-refractivity contribution >= 4 is 27.3 Å². The largest absolute Gasteiger partial charge is 0.443 e.